The Morgan fingerprint density at radius 2 is 1.95 bits per heavy atom. The van der Waals surface area contributed by atoms with Gasteiger partial charge in [-0.3, -0.25) is 0 Å². The van der Waals surface area contributed by atoms with Crippen LogP contribution in [-0.4, -0.2) is 22.9 Å². The van der Waals surface area contributed by atoms with Crippen LogP contribution in [0.25, 0.3) is 0 Å². The summed E-state index contributed by atoms with van der Waals surface area (Å²) in [6.45, 7) is 6.01. The van der Waals surface area contributed by atoms with Gasteiger partial charge in [-0.2, -0.15) is 0 Å². The van der Waals surface area contributed by atoms with Gasteiger partial charge in [0.05, 0.1) is 21.8 Å². The molecule has 120 valence electrons. The highest BCUT2D eigenvalue weighted by Crippen LogP contribution is 2.45. The number of hydrogen-bond acceptors (Lipinski definition) is 3. The van der Waals surface area contributed by atoms with E-state index in [1.54, 1.807) is 12.1 Å². The monoisotopic (exact) mass is 342 g/mol. The van der Waals surface area contributed by atoms with Gasteiger partial charge >= 0.3 is 0 Å². The largest absolute Gasteiger partial charge is 0.386 e. The lowest BCUT2D eigenvalue weighted by Crippen LogP contribution is -2.55. The standard InChI is InChI=1S/C17H20Cl2O3/c1-9-4-6-11-15(14(9)20)21-16(22-17(11,2)3)10-5-7-12(18)13(19)8-10/h4-5,7-8,11,14-16,20H,6H2,1-3H3/t11-,14-,15-,16+/m1/s1. The van der Waals surface area contributed by atoms with Crippen LogP contribution in [-0.2, 0) is 9.47 Å². The third-order valence-corrected chi connectivity index (χ3v) is 5.41. The summed E-state index contributed by atoms with van der Waals surface area (Å²) >= 11 is 12.1. The van der Waals surface area contributed by atoms with Crippen LogP contribution in [0, 0.1) is 5.92 Å². The Morgan fingerprint density at radius 1 is 1.23 bits per heavy atom. The molecule has 1 aliphatic heterocycles. The molecule has 0 unspecified atom stereocenters. The summed E-state index contributed by atoms with van der Waals surface area (Å²) in [7, 11) is 0. The minimum Gasteiger partial charge on any atom is -0.386 e. The van der Waals surface area contributed by atoms with Gasteiger partial charge in [-0.25, -0.2) is 0 Å². The molecule has 5 heteroatoms. The highest BCUT2D eigenvalue weighted by atomic mass is 35.5. The van der Waals surface area contributed by atoms with Gasteiger partial charge in [0.25, 0.3) is 0 Å². The summed E-state index contributed by atoms with van der Waals surface area (Å²) in [5.41, 5.74) is 1.35. The molecular weight excluding hydrogens is 323 g/mol. The van der Waals surface area contributed by atoms with Crippen molar-refractivity contribution in [2.45, 2.75) is 51.3 Å². The van der Waals surface area contributed by atoms with Crippen molar-refractivity contribution in [2.24, 2.45) is 5.92 Å². The number of benzene rings is 1. The van der Waals surface area contributed by atoms with E-state index in [1.807, 2.05) is 26.8 Å². The van der Waals surface area contributed by atoms with Crippen LogP contribution in [0.2, 0.25) is 10.0 Å². The second kappa shape index (κ2) is 5.81. The van der Waals surface area contributed by atoms with Crippen LogP contribution in [0.4, 0.5) is 0 Å². The number of ether oxygens (including phenoxy) is 2. The van der Waals surface area contributed by atoms with Gasteiger partial charge in [0.2, 0.25) is 0 Å². The molecule has 1 aromatic rings. The number of halogens is 2. The van der Waals surface area contributed by atoms with E-state index in [2.05, 4.69) is 6.08 Å². The average molecular weight is 343 g/mol. The van der Waals surface area contributed by atoms with E-state index in [9.17, 15) is 5.11 Å². The van der Waals surface area contributed by atoms with Gasteiger partial charge in [-0.1, -0.05) is 35.3 Å². The number of aliphatic hydroxyl groups excluding tert-OH is 1. The van der Waals surface area contributed by atoms with Gasteiger partial charge in [0.15, 0.2) is 6.29 Å². The molecule has 0 bridgehead atoms. The SMILES string of the molecule is CC1=CC[C@@H]2[C@@H](O[C@H](c3ccc(Cl)c(Cl)c3)OC2(C)C)[C@@H]1O. The van der Waals surface area contributed by atoms with Crippen LogP contribution in [0.5, 0.6) is 0 Å². The topological polar surface area (TPSA) is 38.7 Å². The molecule has 4 atom stereocenters. The zero-order chi connectivity index (χ0) is 16.1. The molecule has 3 rings (SSSR count). The van der Waals surface area contributed by atoms with E-state index in [0.717, 1.165) is 17.6 Å². The second-order valence-electron chi connectivity index (χ2n) is 6.56. The van der Waals surface area contributed by atoms with E-state index in [0.29, 0.717) is 10.0 Å². The molecule has 0 spiro atoms. The number of allylic oxidation sites excluding steroid dienone is 1. The summed E-state index contributed by atoms with van der Waals surface area (Å²) in [5.74, 6) is 0.116. The zero-order valence-corrected chi connectivity index (χ0v) is 14.4. The molecular formula is C17H20Cl2O3. The predicted octanol–water partition coefficient (Wildman–Crippen LogP) is 4.51. The number of aliphatic hydroxyl groups is 1. The Balaban J connectivity index is 1.92. The van der Waals surface area contributed by atoms with Crippen molar-refractivity contribution in [1.82, 2.24) is 0 Å². The van der Waals surface area contributed by atoms with E-state index in [1.165, 1.54) is 0 Å². The minimum absolute atomic E-state index is 0.116. The van der Waals surface area contributed by atoms with E-state index in [-0.39, 0.29) is 12.0 Å². The van der Waals surface area contributed by atoms with Crippen LogP contribution < -0.4 is 0 Å². The highest BCUT2D eigenvalue weighted by Gasteiger charge is 2.49. The molecule has 1 N–H and O–H groups in total. The van der Waals surface area contributed by atoms with Crippen LogP contribution >= 0.6 is 23.2 Å². The van der Waals surface area contributed by atoms with Crippen molar-refractivity contribution in [2.75, 3.05) is 0 Å². The Hall–Kier alpha value is -0.580. The summed E-state index contributed by atoms with van der Waals surface area (Å²) in [5, 5.41) is 11.4. The fourth-order valence-electron chi connectivity index (χ4n) is 3.23. The molecule has 3 nitrogen and oxygen atoms in total. The number of fused-ring (bicyclic) bond motifs is 1. The van der Waals surface area contributed by atoms with Crippen molar-refractivity contribution in [3.05, 3.63) is 45.5 Å². The first-order valence-corrected chi connectivity index (χ1v) is 8.18. The number of hydrogen-bond donors (Lipinski definition) is 1. The van der Waals surface area contributed by atoms with E-state index < -0.39 is 18.0 Å². The van der Waals surface area contributed by atoms with Crippen molar-refractivity contribution >= 4 is 23.2 Å². The van der Waals surface area contributed by atoms with Crippen molar-refractivity contribution in [3.63, 3.8) is 0 Å². The third kappa shape index (κ3) is 2.81. The summed E-state index contributed by atoms with van der Waals surface area (Å²) in [6.07, 6.45) is 1.46. The minimum atomic E-state index is -0.604. The Morgan fingerprint density at radius 3 is 2.64 bits per heavy atom. The lowest BCUT2D eigenvalue weighted by molar-refractivity contribution is -0.318. The molecule has 0 aromatic heterocycles. The predicted molar refractivity (Wildman–Crippen MR) is 87.1 cm³/mol. The molecule has 22 heavy (non-hydrogen) atoms. The van der Waals surface area contributed by atoms with Gasteiger partial charge < -0.3 is 14.6 Å². The molecule has 1 aliphatic carbocycles. The highest BCUT2D eigenvalue weighted by molar-refractivity contribution is 6.42. The van der Waals surface area contributed by atoms with Crippen molar-refractivity contribution in [3.8, 4) is 0 Å². The smallest absolute Gasteiger partial charge is 0.184 e. The molecule has 1 saturated heterocycles. The molecule has 0 radical (unpaired) electrons. The lowest BCUT2D eigenvalue weighted by Gasteiger charge is -2.50. The average Bonchev–Trinajstić information content (AvgIpc) is 2.45. The first-order valence-electron chi connectivity index (χ1n) is 7.42. The van der Waals surface area contributed by atoms with Gasteiger partial charge in [-0.05, 0) is 44.9 Å². The van der Waals surface area contributed by atoms with E-state index in [4.69, 9.17) is 32.7 Å². The maximum absolute atomic E-state index is 10.5. The fraction of sp³-hybridized carbons (Fsp3) is 0.529. The first-order chi connectivity index (χ1) is 10.3. The van der Waals surface area contributed by atoms with Gasteiger partial charge in [-0.15, -0.1) is 0 Å². The first kappa shape index (κ1) is 16.3. The second-order valence-corrected chi connectivity index (χ2v) is 7.38. The Labute approximate surface area is 140 Å². The maximum atomic E-state index is 10.5. The molecule has 0 saturated carbocycles. The van der Waals surface area contributed by atoms with Crippen molar-refractivity contribution in [1.29, 1.82) is 0 Å². The van der Waals surface area contributed by atoms with Crippen LogP contribution in [0.1, 0.15) is 39.0 Å². The third-order valence-electron chi connectivity index (χ3n) is 4.67. The molecule has 1 heterocycles. The van der Waals surface area contributed by atoms with Gasteiger partial charge in [0.1, 0.15) is 6.10 Å². The number of rotatable bonds is 1. The molecule has 2 aliphatic rings. The fourth-order valence-corrected chi connectivity index (χ4v) is 3.54. The molecule has 1 fully saturated rings. The normalized spacial score (nSPS) is 34.0. The molecule has 0 amide bonds. The zero-order valence-electron chi connectivity index (χ0n) is 12.8. The van der Waals surface area contributed by atoms with Crippen LogP contribution in [0.15, 0.2) is 29.8 Å². The summed E-state index contributed by atoms with van der Waals surface area (Å²) in [6, 6.07) is 5.32. The Kier molecular flexibility index (Phi) is 4.30. The van der Waals surface area contributed by atoms with Gasteiger partial charge in [0, 0.05) is 11.5 Å². The van der Waals surface area contributed by atoms with E-state index >= 15 is 0 Å². The van der Waals surface area contributed by atoms with Crippen LogP contribution in [0.3, 0.4) is 0 Å². The molecule has 1 aromatic carbocycles. The van der Waals surface area contributed by atoms with Crippen molar-refractivity contribution < 1.29 is 14.6 Å². The summed E-state index contributed by atoms with van der Waals surface area (Å²) in [4.78, 5) is 0. The quantitative estimate of drug-likeness (QED) is 0.763. The lowest BCUT2D eigenvalue weighted by atomic mass is 9.75. The Bertz CT molecular complexity index is 612. The summed E-state index contributed by atoms with van der Waals surface area (Å²) < 4.78 is 12.2. The maximum Gasteiger partial charge on any atom is 0.184 e.